The molecule has 3 atom stereocenters. The number of hydrogen-bond acceptors (Lipinski definition) is 3. The molecule has 0 amide bonds. The number of aliphatic hydroxyl groups is 1. The number of rotatable bonds is 1. The van der Waals surface area contributed by atoms with Gasteiger partial charge in [-0.05, 0) is 43.9 Å². The van der Waals surface area contributed by atoms with E-state index in [1.165, 1.54) is 0 Å². The molecule has 2 heterocycles. The van der Waals surface area contributed by atoms with Gasteiger partial charge >= 0.3 is 0 Å². The van der Waals surface area contributed by atoms with E-state index in [1.54, 1.807) is 6.07 Å². The lowest BCUT2D eigenvalue weighted by Gasteiger charge is -2.39. The molecule has 2 bridgehead atoms. The first-order chi connectivity index (χ1) is 8.69. The maximum Gasteiger partial charge on any atom is 0.101 e. The highest BCUT2D eigenvalue weighted by atomic mass is 35.5. The third-order valence-corrected chi connectivity index (χ3v) is 4.39. The van der Waals surface area contributed by atoms with Crippen LogP contribution in [-0.2, 0) is 0 Å². The van der Waals surface area contributed by atoms with Crippen LogP contribution in [-0.4, -0.2) is 23.3 Å². The summed E-state index contributed by atoms with van der Waals surface area (Å²) in [6, 6.07) is 8.54. The smallest absolute Gasteiger partial charge is 0.101 e. The van der Waals surface area contributed by atoms with Gasteiger partial charge < -0.3 is 10.0 Å². The van der Waals surface area contributed by atoms with E-state index < -0.39 is 0 Å². The minimum Gasteiger partial charge on any atom is -0.393 e. The summed E-state index contributed by atoms with van der Waals surface area (Å²) in [5.74, 6) is 0. The van der Waals surface area contributed by atoms with Crippen LogP contribution in [0.15, 0.2) is 18.2 Å². The highest BCUT2D eigenvalue weighted by molar-refractivity contribution is 6.32. The Morgan fingerprint density at radius 2 is 1.94 bits per heavy atom. The lowest BCUT2D eigenvalue weighted by molar-refractivity contribution is 0.126. The lowest BCUT2D eigenvalue weighted by atomic mass is 9.99. The predicted molar refractivity (Wildman–Crippen MR) is 70.7 cm³/mol. The number of fused-ring (bicyclic) bond motifs is 2. The largest absolute Gasteiger partial charge is 0.393 e. The Kier molecular flexibility index (Phi) is 2.93. The molecule has 0 radical (unpaired) electrons. The first kappa shape index (κ1) is 11.8. The predicted octanol–water partition coefficient (Wildman–Crippen LogP) is 2.70. The van der Waals surface area contributed by atoms with Crippen LogP contribution in [0.5, 0.6) is 0 Å². The molecule has 3 rings (SSSR count). The van der Waals surface area contributed by atoms with E-state index in [1.807, 2.05) is 12.1 Å². The number of benzene rings is 1. The van der Waals surface area contributed by atoms with E-state index in [0.29, 0.717) is 22.7 Å². The molecule has 0 aromatic heterocycles. The van der Waals surface area contributed by atoms with Gasteiger partial charge in [-0.25, -0.2) is 0 Å². The first-order valence-corrected chi connectivity index (χ1v) is 6.73. The molecule has 0 aliphatic carbocycles. The van der Waals surface area contributed by atoms with E-state index in [2.05, 4.69) is 11.0 Å². The zero-order valence-corrected chi connectivity index (χ0v) is 10.8. The minimum atomic E-state index is -0.160. The van der Waals surface area contributed by atoms with E-state index in [0.717, 1.165) is 31.4 Å². The second kappa shape index (κ2) is 4.46. The van der Waals surface area contributed by atoms with E-state index in [9.17, 15) is 5.11 Å². The monoisotopic (exact) mass is 262 g/mol. The molecule has 4 heteroatoms. The summed E-state index contributed by atoms with van der Waals surface area (Å²) in [5.41, 5.74) is 1.60. The maximum absolute atomic E-state index is 9.80. The molecule has 2 aliphatic rings. The molecular weight excluding hydrogens is 248 g/mol. The van der Waals surface area contributed by atoms with Gasteiger partial charge in [0.2, 0.25) is 0 Å². The van der Waals surface area contributed by atoms with Crippen LogP contribution in [0.1, 0.15) is 31.2 Å². The number of nitriles is 1. The van der Waals surface area contributed by atoms with Gasteiger partial charge in [-0.3, -0.25) is 0 Å². The van der Waals surface area contributed by atoms with Gasteiger partial charge in [0.25, 0.3) is 0 Å². The van der Waals surface area contributed by atoms with Crippen LogP contribution in [0, 0.1) is 11.3 Å². The fraction of sp³-hybridized carbons (Fsp3) is 0.500. The number of anilines is 1. The van der Waals surface area contributed by atoms with Crippen molar-refractivity contribution in [3.05, 3.63) is 28.8 Å². The summed E-state index contributed by atoms with van der Waals surface area (Å²) in [6.45, 7) is 0. The standard InChI is InChI=1S/C14H15ClN2O/c15-14-7-12(2-1-9(14)8-16)17-10-3-4-11(17)6-13(18)5-10/h1-2,7,10-11,13,18H,3-6H2/t10-,11+,13+. The van der Waals surface area contributed by atoms with Gasteiger partial charge in [-0.1, -0.05) is 11.6 Å². The van der Waals surface area contributed by atoms with Crippen LogP contribution >= 0.6 is 11.6 Å². The Bertz CT molecular complexity index is 497. The Hall–Kier alpha value is -1.24. The molecule has 1 aromatic carbocycles. The van der Waals surface area contributed by atoms with Crippen LogP contribution in [0.3, 0.4) is 0 Å². The molecule has 3 nitrogen and oxygen atoms in total. The highest BCUT2D eigenvalue weighted by Gasteiger charge is 2.40. The number of piperidine rings is 1. The van der Waals surface area contributed by atoms with Crippen LogP contribution in [0.4, 0.5) is 5.69 Å². The Labute approximate surface area is 112 Å². The molecule has 2 aliphatic heterocycles. The highest BCUT2D eigenvalue weighted by Crippen LogP contribution is 2.40. The van der Waals surface area contributed by atoms with E-state index in [4.69, 9.17) is 16.9 Å². The SMILES string of the molecule is N#Cc1ccc(N2[C@@H]3CC[C@H]2C[C@@H](O)C3)cc1Cl. The first-order valence-electron chi connectivity index (χ1n) is 6.35. The molecule has 0 unspecified atom stereocenters. The number of hydrogen-bond donors (Lipinski definition) is 1. The molecule has 0 spiro atoms. The summed E-state index contributed by atoms with van der Waals surface area (Å²) in [7, 11) is 0. The van der Waals surface area contributed by atoms with Gasteiger partial charge in [0, 0.05) is 17.8 Å². The normalized spacial score (nSPS) is 30.3. The summed E-state index contributed by atoms with van der Waals surface area (Å²) >= 11 is 6.09. The van der Waals surface area contributed by atoms with Gasteiger partial charge in [0.15, 0.2) is 0 Å². The van der Waals surface area contributed by atoms with Crippen molar-refractivity contribution in [2.75, 3.05) is 4.90 Å². The van der Waals surface area contributed by atoms with Crippen LogP contribution in [0.2, 0.25) is 5.02 Å². The van der Waals surface area contributed by atoms with Crippen molar-refractivity contribution in [3.8, 4) is 6.07 Å². The Balaban J connectivity index is 1.92. The fourth-order valence-corrected chi connectivity index (χ4v) is 3.54. The number of aliphatic hydroxyl groups excluding tert-OH is 1. The average Bonchev–Trinajstić information content (AvgIpc) is 2.61. The quantitative estimate of drug-likeness (QED) is 0.847. The van der Waals surface area contributed by atoms with Crippen molar-refractivity contribution in [2.24, 2.45) is 0 Å². The molecule has 18 heavy (non-hydrogen) atoms. The van der Waals surface area contributed by atoms with Gasteiger partial charge in [0.1, 0.15) is 6.07 Å². The third kappa shape index (κ3) is 1.86. The lowest BCUT2D eigenvalue weighted by Crippen LogP contribution is -2.44. The molecule has 2 saturated heterocycles. The zero-order valence-electron chi connectivity index (χ0n) is 10.0. The summed E-state index contributed by atoms with van der Waals surface area (Å²) < 4.78 is 0. The summed E-state index contributed by atoms with van der Waals surface area (Å²) in [6.07, 6.45) is 3.80. The second-order valence-corrected chi connectivity index (χ2v) is 5.60. The van der Waals surface area contributed by atoms with Gasteiger partial charge in [-0.15, -0.1) is 0 Å². The molecule has 2 fully saturated rings. The van der Waals surface area contributed by atoms with Crippen molar-refractivity contribution in [1.82, 2.24) is 0 Å². The maximum atomic E-state index is 9.80. The number of nitrogens with zero attached hydrogens (tertiary/aromatic N) is 2. The van der Waals surface area contributed by atoms with Crippen molar-refractivity contribution in [3.63, 3.8) is 0 Å². The molecule has 1 aromatic rings. The summed E-state index contributed by atoms with van der Waals surface area (Å²) in [4.78, 5) is 2.37. The fourth-order valence-electron chi connectivity index (χ4n) is 3.33. The van der Waals surface area contributed by atoms with Crippen LogP contribution in [0.25, 0.3) is 0 Å². The minimum absolute atomic E-state index is 0.160. The molecule has 1 N–H and O–H groups in total. The Morgan fingerprint density at radius 3 is 2.50 bits per heavy atom. The van der Waals surface area contributed by atoms with Crippen molar-refractivity contribution in [2.45, 2.75) is 43.9 Å². The average molecular weight is 263 g/mol. The van der Waals surface area contributed by atoms with Crippen molar-refractivity contribution < 1.29 is 5.11 Å². The molecular formula is C14H15ClN2O. The van der Waals surface area contributed by atoms with E-state index in [-0.39, 0.29) is 6.10 Å². The number of halogens is 1. The molecule has 0 saturated carbocycles. The third-order valence-electron chi connectivity index (χ3n) is 4.08. The van der Waals surface area contributed by atoms with Crippen molar-refractivity contribution >= 4 is 17.3 Å². The van der Waals surface area contributed by atoms with Gasteiger partial charge in [0.05, 0.1) is 16.7 Å². The van der Waals surface area contributed by atoms with Crippen LogP contribution < -0.4 is 4.90 Å². The van der Waals surface area contributed by atoms with Crippen molar-refractivity contribution in [1.29, 1.82) is 5.26 Å². The van der Waals surface area contributed by atoms with Gasteiger partial charge in [-0.2, -0.15) is 5.26 Å². The zero-order chi connectivity index (χ0) is 12.7. The van der Waals surface area contributed by atoms with E-state index >= 15 is 0 Å². The Morgan fingerprint density at radius 1 is 1.28 bits per heavy atom. The topological polar surface area (TPSA) is 47.3 Å². The molecule has 94 valence electrons. The summed E-state index contributed by atoms with van der Waals surface area (Å²) in [5, 5.41) is 19.2. The second-order valence-electron chi connectivity index (χ2n) is 5.19.